The minimum Gasteiger partial charge on any atom is -0.379 e. The fourth-order valence-corrected chi connectivity index (χ4v) is 4.61. The van der Waals surface area contributed by atoms with Crippen LogP contribution >= 0.6 is 0 Å². The molecule has 3 aromatic rings. The quantitative estimate of drug-likeness (QED) is 0.727. The molecule has 0 bridgehead atoms. The number of nitrogens with zero attached hydrogens (tertiary/aromatic N) is 4. The molecule has 1 amide bonds. The van der Waals surface area contributed by atoms with Crippen molar-refractivity contribution < 1.29 is 9.53 Å². The second-order valence-corrected chi connectivity index (χ2v) is 8.12. The van der Waals surface area contributed by atoms with Gasteiger partial charge in [0.1, 0.15) is 5.69 Å². The highest BCUT2D eigenvalue weighted by atomic mass is 16.5. The van der Waals surface area contributed by atoms with Gasteiger partial charge in [0.05, 0.1) is 13.2 Å². The number of nitrogens with one attached hydrogen (secondary N) is 1. The molecule has 2 aromatic heterocycles. The Labute approximate surface area is 169 Å². The normalized spacial score (nSPS) is 22.8. The van der Waals surface area contributed by atoms with Crippen molar-refractivity contribution in [2.45, 2.75) is 12.8 Å². The molecule has 5 rings (SSSR count). The Morgan fingerprint density at radius 1 is 1.10 bits per heavy atom. The number of piperidine rings is 1. The number of aromatic amines is 1. The Hall–Kier alpha value is -2.93. The summed E-state index contributed by atoms with van der Waals surface area (Å²) < 4.78 is 5.98. The van der Waals surface area contributed by atoms with Gasteiger partial charge in [0.2, 0.25) is 5.95 Å². The van der Waals surface area contributed by atoms with Gasteiger partial charge in [-0.25, -0.2) is 9.97 Å². The second-order valence-electron chi connectivity index (χ2n) is 8.12. The van der Waals surface area contributed by atoms with E-state index in [-0.39, 0.29) is 11.3 Å². The summed E-state index contributed by atoms with van der Waals surface area (Å²) in [6, 6.07) is 11.8. The van der Waals surface area contributed by atoms with Gasteiger partial charge in [-0.15, -0.1) is 0 Å². The van der Waals surface area contributed by atoms with Crippen LogP contribution < -0.4 is 4.90 Å². The molecule has 7 heteroatoms. The lowest BCUT2D eigenvalue weighted by molar-refractivity contribution is 0.0133. The Morgan fingerprint density at radius 2 is 1.97 bits per heavy atom. The molecule has 29 heavy (non-hydrogen) atoms. The Balaban J connectivity index is 1.37. The predicted octanol–water partition coefficient (Wildman–Crippen LogP) is 2.72. The highest BCUT2D eigenvalue weighted by Crippen LogP contribution is 2.34. The number of likely N-dealkylation sites (tertiary alicyclic amines) is 1. The number of anilines is 1. The predicted molar refractivity (Wildman–Crippen MR) is 111 cm³/mol. The molecular weight excluding hydrogens is 366 g/mol. The number of carbonyl (C=O) groups is 1. The van der Waals surface area contributed by atoms with Crippen molar-refractivity contribution >= 4 is 22.8 Å². The van der Waals surface area contributed by atoms with Crippen molar-refractivity contribution in [3.8, 4) is 0 Å². The zero-order valence-electron chi connectivity index (χ0n) is 16.4. The Kier molecular flexibility index (Phi) is 4.67. The smallest absolute Gasteiger partial charge is 0.270 e. The summed E-state index contributed by atoms with van der Waals surface area (Å²) in [6.07, 6.45) is 5.55. The van der Waals surface area contributed by atoms with Gasteiger partial charge in [0, 0.05) is 54.9 Å². The first-order valence-electron chi connectivity index (χ1n) is 10.2. The highest BCUT2D eigenvalue weighted by molar-refractivity contribution is 5.98. The third kappa shape index (κ3) is 3.58. The zero-order chi connectivity index (χ0) is 19.7. The van der Waals surface area contributed by atoms with Crippen molar-refractivity contribution in [2.24, 2.45) is 5.41 Å². The molecule has 0 aliphatic carbocycles. The third-order valence-corrected chi connectivity index (χ3v) is 5.98. The Morgan fingerprint density at radius 3 is 2.83 bits per heavy atom. The SMILES string of the molecule is O=C(c1cc2ccccc2[nH]1)N1CCCC2(COCCN(c3ncccn3)C2)C1. The van der Waals surface area contributed by atoms with E-state index in [0.29, 0.717) is 25.5 Å². The first-order chi connectivity index (χ1) is 14.2. The van der Waals surface area contributed by atoms with Crippen LogP contribution in [0.4, 0.5) is 5.95 Å². The first-order valence-corrected chi connectivity index (χ1v) is 10.2. The average Bonchev–Trinajstić information content (AvgIpc) is 3.10. The summed E-state index contributed by atoms with van der Waals surface area (Å²) in [5, 5.41) is 1.06. The third-order valence-electron chi connectivity index (χ3n) is 5.98. The van der Waals surface area contributed by atoms with Gasteiger partial charge in [-0.1, -0.05) is 18.2 Å². The van der Waals surface area contributed by atoms with E-state index >= 15 is 0 Å². The lowest BCUT2D eigenvalue weighted by Gasteiger charge is -2.43. The second kappa shape index (κ2) is 7.48. The van der Waals surface area contributed by atoms with Crippen LogP contribution in [-0.4, -0.2) is 65.2 Å². The van der Waals surface area contributed by atoms with E-state index in [2.05, 4.69) is 19.9 Å². The van der Waals surface area contributed by atoms with Crippen LogP contribution in [-0.2, 0) is 4.74 Å². The molecule has 1 aromatic carbocycles. The van der Waals surface area contributed by atoms with Crippen LogP contribution in [0.2, 0.25) is 0 Å². The largest absolute Gasteiger partial charge is 0.379 e. The molecular formula is C22H25N5O2. The summed E-state index contributed by atoms with van der Waals surface area (Å²) in [6.45, 7) is 4.33. The van der Waals surface area contributed by atoms with E-state index in [1.165, 1.54) is 0 Å². The van der Waals surface area contributed by atoms with Crippen molar-refractivity contribution in [3.63, 3.8) is 0 Å². The lowest BCUT2D eigenvalue weighted by atomic mass is 9.80. The van der Waals surface area contributed by atoms with E-state index in [0.717, 1.165) is 49.3 Å². The molecule has 2 aliphatic rings. The minimum absolute atomic E-state index is 0.0621. The fourth-order valence-electron chi connectivity index (χ4n) is 4.61. The molecule has 2 saturated heterocycles. The van der Waals surface area contributed by atoms with Gasteiger partial charge in [0.25, 0.3) is 5.91 Å². The van der Waals surface area contributed by atoms with E-state index in [4.69, 9.17) is 4.74 Å². The highest BCUT2D eigenvalue weighted by Gasteiger charge is 2.41. The molecule has 0 saturated carbocycles. The van der Waals surface area contributed by atoms with Crippen molar-refractivity contribution in [2.75, 3.05) is 44.3 Å². The molecule has 1 spiro atoms. The van der Waals surface area contributed by atoms with Gasteiger partial charge in [-0.3, -0.25) is 4.79 Å². The van der Waals surface area contributed by atoms with E-state index < -0.39 is 0 Å². The van der Waals surface area contributed by atoms with Crippen LogP contribution in [0.1, 0.15) is 23.3 Å². The Bertz CT molecular complexity index is 972. The van der Waals surface area contributed by atoms with Gasteiger partial charge >= 0.3 is 0 Å². The number of benzene rings is 1. The van der Waals surface area contributed by atoms with Gasteiger partial charge in [0.15, 0.2) is 0 Å². The first kappa shape index (κ1) is 18.1. The molecule has 1 N–H and O–H groups in total. The van der Waals surface area contributed by atoms with Crippen molar-refractivity contribution in [3.05, 3.63) is 54.5 Å². The summed E-state index contributed by atoms with van der Waals surface area (Å²) in [7, 11) is 0. The number of aromatic nitrogens is 3. The molecule has 7 nitrogen and oxygen atoms in total. The van der Waals surface area contributed by atoms with Crippen LogP contribution in [0.15, 0.2) is 48.8 Å². The van der Waals surface area contributed by atoms with E-state index in [9.17, 15) is 4.79 Å². The number of carbonyl (C=O) groups excluding carboxylic acids is 1. The maximum Gasteiger partial charge on any atom is 0.270 e. The number of amides is 1. The van der Waals surface area contributed by atoms with E-state index in [1.54, 1.807) is 12.4 Å². The fraction of sp³-hybridized carbons (Fsp3) is 0.409. The summed E-state index contributed by atoms with van der Waals surface area (Å²) in [5.41, 5.74) is 1.55. The van der Waals surface area contributed by atoms with Gasteiger partial charge < -0.3 is 19.5 Å². The summed E-state index contributed by atoms with van der Waals surface area (Å²) >= 11 is 0. The van der Waals surface area contributed by atoms with Crippen LogP contribution in [0.25, 0.3) is 10.9 Å². The van der Waals surface area contributed by atoms with Crippen molar-refractivity contribution in [1.82, 2.24) is 19.9 Å². The van der Waals surface area contributed by atoms with Gasteiger partial charge in [-0.2, -0.15) is 0 Å². The monoisotopic (exact) mass is 391 g/mol. The van der Waals surface area contributed by atoms with Crippen LogP contribution in [0.5, 0.6) is 0 Å². The maximum atomic E-state index is 13.2. The summed E-state index contributed by atoms with van der Waals surface area (Å²) in [5.74, 6) is 0.795. The molecule has 0 radical (unpaired) electrons. The van der Waals surface area contributed by atoms with Crippen molar-refractivity contribution in [1.29, 1.82) is 0 Å². The molecule has 150 valence electrons. The number of para-hydroxylation sites is 1. The van der Waals surface area contributed by atoms with Crippen LogP contribution in [0, 0.1) is 5.41 Å². The zero-order valence-corrected chi connectivity index (χ0v) is 16.4. The van der Waals surface area contributed by atoms with E-state index in [1.807, 2.05) is 41.3 Å². The number of ether oxygens (including phenoxy) is 1. The maximum absolute atomic E-state index is 13.2. The minimum atomic E-state index is -0.102. The summed E-state index contributed by atoms with van der Waals surface area (Å²) in [4.78, 5) is 29.5. The standard InChI is InChI=1S/C22H25N5O2/c28-20(19-13-17-5-1-2-6-18(17)25-19)26-10-3-7-22(14-26)15-27(11-12-29-16-22)21-23-8-4-9-24-21/h1-2,4-6,8-9,13,25H,3,7,10-12,14-16H2. The molecule has 1 atom stereocenters. The number of hydrogen-bond donors (Lipinski definition) is 1. The van der Waals surface area contributed by atoms with Gasteiger partial charge in [-0.05, 0) is 31.0 Å². The molecule has 2 aliphatic heterocycles. The number of hydrogen-bond acceptors (Lipinski definition) is 5. The average molecular weight is 391 g/mol. The topological polar surface area (TPSA) is 74.3 Å². The lowest BCUT2D eigenvalue weighted by Crippen LogP contribution is -2.52. The molecule has 1 unspecified atom stereocenters. The van der Waals surface area contributed by atoms with Crippen LogP contribution in [0.3, 0.4) is 0 Å². The molecule has 2 fully saturated rings. The number of rotatable bonds is 2. The molecule has 4 heterocycles. The number of H-pyrrole nitrogens is 1. The number of fused-ring (bicyclic) bond motifs is 1.